The van der Waals surface area contributed by atoms with Crippen molar-refractivity contribution < 1.29 is 28.5 Å². The van der Waals surface area contributed by atoms with Gasteiger partial charge in [0.15, 0.2) is 0 Å². The Balaban J connectivity index is 1.60. The van der Waals surface area contributed by atoms with E-state index in [2.05, 4.69) is 25.2 Å². The first-order valence-electron chi connectivity index (χ1n) is 8.41. The fourth-order valence-corrected chi connectivity index (χ4v) is 3.97. The molecule has 2 saturated heterocycles. The minimum absolute atomic E-state index is 0.00425. The number of fused-ring (bicyclic) bond motifs is 2. The smallest absolute Gasteiger partial charge is 0.414 e. The van der Waals surface area contributed by atoms with E-state index in [1.54, 1.807) is 14.0 Å². The third kappa shape index (κ3) is 3.30. The number of allylic oxidation sites excluding steroid dienone is 1. The van der Waals surface area contributed by atoms with Gasteiger partial charge in [-0.1, -0.05) is 11.6 Å². The molecule has 1 saturated carbocycles. The van der Waals surface area contributed by atoms with Crippen LogP contribution in [0.2, 0.25) is 0 Å². The van der Waals surface area contributed by atoms with E-state index in [9.17, 15) is 9.59 Å². The topological polar surface area (TPSA) is 89.7 Å². The molecule has 0 radical (unpaired) electrons. The van der Waals surface area contributed by atoms with Crippen molar-refractivity contribution in [2.75, 3.05) is 13.0 Å². The molecule has 5 unspecified atom stereocenters. The minimum Gasteiger partial charge on any atom is -0.443 e. The highest BCUT2D eigenvalue weighted by Gasteiger charge is 2.86. The highest BCUT2D eigenvalue weighted by molar-refractivity contribution is 6.28. The van der Waals surface area contributed by atoms with Gasteiger partial charge in [0.2, 0.25) is 5.91 Å². The number of halogens is 1. The number of hydrogen-bond acceptors (Lipinski definition) is 6. The van der Waals surface area contributed by atoms with E-state index in [1.807, 2.05) is 0 Å². The number of methoxy groups -OCH3 is 1. The van der Waals surface area contributed by atoms with E-state index in [1.165, 1.54) is 5.57 Å². The molecule has 7 nitrogen and oxygen atoms in total. The Hall–Kier alpha value is -1.15. The molecule has 2 amide bonds. The lowest BCUT2D eigenvalue weighted by Gasteiger charge is -2.38. The second-order valence-corrected chi connectivity index (χ2v) is 7.28. The Morgan fingerprint density at radius 2 is 2.12 bits per heavy atom. The largest absolute Gasteiger partial charge is 0.443 e. The Morgan fingerprint density at radius 3 is 2.72 bits per heavy atom. The van der Waals surface area contributed by atoms with Gasteiger partial charge in [-0.15, -0.1) is 11.6 Å². The van der Waals surface area contributed by atoms with Crippen LogP contribution in [0.25, 0.3) is 0 Å². The monoisotopic (exact) mass is 373 g/mol. The number of hydrogen-bond donors (Lipinski definition) is 1. The van der Waals surface area contributed by atoms with Crippen molar-refractivity contribution in [2.24, 2.45) is 5.92 Å². The van der Waals surface area contributed by atoms with Gasteiger partial charge >= 0.3 is 6.09 Å². The van der Waals surface area contributed by atoms with Crippen LogP contribution in [-0.2, 0) is 23.7 Å². The number of ether oxygens (including phenoxy) is 4. The SMILES string of the molecule is COC(C(C)OC(=O)NC(=O)CCl)C1C2OC2[C@@]12O[C@@H]2CC=C(C)C. The van der Waals surface area contributed by atoms with Crippen molar-refractivity contribution in [3.05, 3.63) is 11.6 Å². The van der Waals surface area contributed by atoms with Crippen LogP contribution in [0.3, 0.4) is 0 Å². The summed E-state index contributed by atoms with van der Waals surface area (Å²) < 4.78 is 22.6. The zero-order valence-corrected chi connectivity index (χ0v) is 15.5. The zero-order chi connectivity index (χ0) is 18.4. The maximum Gasteiger partial charge on any atom is 0.414 e. The fraction of sp³-hybridized carbons (Fsp3) is 0.765. The van der Waals surface area contributed by atoms with Crippen LogP contribution in [0, 0.1) is 5.92 Å². The lowest BCUT2D eigenvalue weighted by Crippen LogP contribution is -2.57. The van der Waals surface area contributed by atoms with Crippen LogP contribution in [0.15, 0.2) is 11.6 Å². The van der Waals surface area contributed by atoms with Crippen molar-refractivity contribution in [3.63, 3.8) is 0 Å². The fourth-order valence-electron chi connectivity index (χ4n) is 3.91. The molecule has 3 fully saturated rings. The Kier molecular flexibility index (Phi) is 5.12. The summed E-state index contributed by atoms with van der Waals surface area (Å²) in [6.45, 7) is 5.84. The van der Waals surface area contributed by atoms with Crippen LogP contribution in [0.1, 0.15) is 27.2 Å². The van der Waals surface area contributed by atoms with Gasteiger partial charge in [-0.2, -0.15) is 0 Å². The molecule has 1 spiro atoms. The molecule has 2 aliphatic heterocycles. The van der Waals surface area contributed by atoms with E-state index in [0.717, 1.165) is 6.42 Å². The number of alkyl halides is 1. The number of carbonyl (C=O) groups excluding carboxylic acids is 2. The molecular weight excluding hydrogens is 350 g/mol. The summed E-state index contributed by atoms with van der Waals surface area (Å²) in [5, 5.41) is 2.06. The van der Waals surface area contributed by atoms with Gasteiger partial charge in [0.05, 0.1) is 18.1 Å². The van der Waals surface area contributed by atoms with Crippen molar-refractivity contribution >= 4 is 23.6 Å². The van der Waals surface area contributed by atoms with Crippen LogP contribution in [0.4, 0.5) is 4.79 Å². The predicted molar refractivity (Wildman–Crippen MR) is 89.4 cm³/mol. The number of imide groups is 1. The number of alkyl carbamates (subject to hydrolysis) is 1. The zero-order valence-electron chi connectivity index (χ0n) is 14.8. The van der Waals surface area contributed by atoms with Gasteiger partial charge in [-0.25, -0.2) is 4.79 Å². The summed E-state index contributed by atoms with van der Waals surface area (Å²) in [7, 11) is 1.57. The summed E-state index contributed by atoms with van der Waals surface area (Å²) >= 11 is 5.36. The molecule has 8 heteroatoms. The summed E-state index contributed by atoms with van der Waals surface area (Å²) in [6.07, 6.45) is 1.52. The van der Waals surface area contributed by atoms with Gasteiger partial charge in [-0.3, -0.25) is 10.1 Å². The average Bonchev–Trinajstić information content (AvgIpc) is 3.42. The first-order valence-corrected chi connectivity index (χ1v) is 8.94. The summed E-state index contributed by atoms with van der Waals surface area (Å²) in [5.74, 6) is -0.907. The summed E-state index contributed by atoms with van der Waals surface area (Å²) in [6, 6.07) is 0. The van der Waals surface area contributed by atoms with E-state index in [4.69, 9.17) is 30.5 Å². The number of amides is 2. The average molecular weight is 374 g/mol. The maximum absolute atomic E-state index is 11.7. The molecule has 0 aromatic heterocycles. The highest BCUT2D eigenvalue weighted by Crippen LogP contribution is 2.69. The minimum atomic E-state index is -0.834. The molecule has 140 valence electrons. The lowest BCUT2D eigenvalue weighted by atomic mass is 9.66. The van der Waals surface area contributed by atoms with Crippen molar-refractivity contribution in [1.29, 1.82) is 0 Å². The predicted octanol–water partition coefficient (Wildman–Crippen LogP) is 1.77. The first kappa shape index (κ1) is 18.6. The van der Waals surface area contributed by atoms with Crippen LogP contribution >= 0.6 is 11.6 Å². The molecule has 0 bridgehead atoms. The first-order chi connectivity index (χ1) is 11.8. The van der Waals surface area contributed by atoms with Crippen molar-refractivity contribution in [1.82, 2.24) is 5.32 Å². The number of epoxide rings is 2. The highest BCUT2D eigenvalue weighted by atomic mass is 35.5. The van der Waals surface area contributed by atoms with Gasteiger partial charge in [0.1, 0.15) is 29.8 Å². The van der Waals surface area contributed by atoms with E-state index < -0.39 is 18.1 Å². The Labute approximate surface area is 152 Å². The molecule has 0 aromatic rings. The van der Waals surface area contributed by atoms with Gasteiger partial charge < -0.3 is 18.9 Å². The molecule has 1 N–H and O–H groups in total. The number of nitrogens with one attached hydrogen (secondary N) is 1. The van der Waals surface area contributed by atoms with Gasteiger partial charge in [0, 0.05) is 7.11 Å². The molecule has 25 heavy (non-hydrogen) atoms. The number of rotatable bonds is 7. The summed E-state index contributed by atoms with van der Waals surface area (Å²) in [5.41, 5.74) is 0.910. The van der Waals surface area contributed by atoms with Gasteiger partial charge in [0.25, 0.3) is 0 Å². The summed E-state index contributed by atoms with van der Waals surface area (Å²) in [4.78, 5) is 22.9. The standard InChI is InChI=1S/C17H24ClNO6/c1-8(2)5-6-10-17(25-10)12(14-15(17)24-14)13(22-4)9(3)23-16(21)19-11(20)7-18/h5,9-10,12-15H,6-7H2,1-4H3,(H,19,20,21)/t9?,10-,12?,13?,14?,15?,17+/m1/s1. The van der Waals surface area contributed by atoms with Crippen molar-refractivity contribution in [3.8, 4) is 0 Å². The molecule has 3 rings (SSSR count). The van der Waals surface area contributed by atoms with Crippen LogP contribution < -0.4 is 5.32 Å². The third-order valence-corrected chi connectivity index (χ3v) is 5.36. The van der Waals surface area contributed by atoms with Crippen LogP contribution in [0.5, 0.6) is 0 Å². The maximum atomic E-state index is 11.7. The van der Waals surface area contributed by atoms with Gasteiger partial charge in [-0.05, 0) is 27.2 Å². The Morgan fingerprint density at radius 1 is 1.40 bits per heavy atom. The molecule has 7 atom stereocenters. The van der Waals surface area contributed by atoms with E-state index >= 15 is 0 Å². The number of carbonyl (C=O) groups is 2. The molecule has 3 aliphatic rings. The normalized spacial score (nSPS) is 36.5. The van der Waals surface area contributed by atoms with E-state index in [-0.39, 0.29) is 41.8 Å². The second-order valence-electron chi connectivity index (χ2n) is 7.02. The molecule has 2 heterocycles. The molecular formula is C17H24ClNO6. The van der Waals surface area contributed by atoms with Crippen LogP contribution in [-0.4, -0.2) is 61.1 Å². The van der Waals surface area contributed by atoms with E-state index in [0.29, 0.717) is 0 Å². The second kappa shape index (κ2) is 6.87. The quantitative estimate of drug-likeness (QED) is 0.415. The molecule has 1 aliphatic carbocycles. The Bertz CT molecular complexity index is 592. The third-order valence-electron chi connectivity index (χ3n) is 5.12. The van der Waals surface area contributed by atoms with Crippen molar-refractivity contribution in [2.45, 2.75) is 63.3 Å². The lowest BCUT2D eigenvalue weighted by molar-refractivity contribution is -0.119. The molecule has 0 aromatic carbocycles.